The number of ether oxygens (including phenoxy) is 1. The molecule has 2 atom stereocenters. The van der Waals surface area contributed by atoms with Crippen LogP contribution in [0, 0.1) is 0 Å². The lowest BCUT2D eigenvalue weighted by molar-refractivity contribution is -0.155. The van der Waals surface area contributed by atoms with Gasteiger partial charge in [-0.2, -0.15) is 0 Å². The van der Waals surface area contributed by atoms with Gasteiger partial charge in [0, 0.05) is 0 Å². The van der Waals surface area contributed by atoms with Gasteiger partial charge >= 0.3 is 23.3 Å². The normalized spacial score (nSPS) is 43.1. The summed E-state index contributed by atoms with van der Waals surface area (Å²) >= 11 is 0. The fourth-order valence-electron chi connectivity index (χ4n) is 1.23. The molecule has 0 amide bonds. The number of hydrogen-bond acceptors (Lipinski definition) is 3. The van der Waals surface area contributed by atoms with Gasteiger partial charge in [-0.3, -0.25) is 0 Å². The van der Waals surface area contributed by atoms with E-state index in [-0.39, 0.29) is 0 Å². The zero-order chi connectivity index (χ0) is 10.0. The summed E-state index contributed by atoms with van der Waals surface area (Å²) in [4.78, 5) is 20.9. The van der Waals surface area contributed by atoms with Gasteiger partial charge in [-0.25, -0.2) is 27.2 Å². The number of fused-ring (bicyclic) bond motifs is 1. The summed E-state index contributed by atoms with van der Waals surface area (Å²) in [6, 6.07) is 0. The number of halogens is 4. The first-order valence-corrected chi connectivity index (χ1v) is 3.07. The highest BCUT2D eigenvalue weighted by Crippen LogP contribution is 2.58. The van der Waals surface area contributed by atoms with Gasteiger partial charge in [-0.05, 0) is 0 Å². The van der Waals surface area contributed by atoms with Gasteiger partial charge in [0.15, 0.2) is 11.7 Å². The Morgan fingerprint density at radius 3 is 1.54 bits per heavy atom. The smallest absolute Gasteiger partial charge is 0.363 e. The molecule has 0 unspecified atom stereocenters. The molecule has 0 N–H and O–H groups in total. The maximum atomic E-state index is 13.0. The molecular formula is C6F4O3. The first kappa shape index (κ1) is 8.21. The van der Waals surface area contributed by atoms with Gasteiger partial charge < -0.3 is 4.74 Å². The molecule has 2 rings (SSSR count). The van der Waals surface area contributed by atoms with Gasteiger partial charge in [0.05, 0.1) is 0 Å². The van der Waals surface area contributed by atoms with Crippen molar-refractivity contribution < 1.29 is 31.9 Å². The lowest BCUT2D eigenvalue weighted by Gasteiger charge is -2.32. The minimum Gasteiger partial charge on any atom is -0.387 e. The Morgan fingerprint density at radius 1 is 0.923 bits per heavy atom. The van der Waals surface area contributed by atoms with Crippen LogP contribution in [-0.2, 0) is 14.3 Å². The molecule has 7 heteroatoms. The van der Waals surface area contributed by atoms with Crippen LogP contribution < -0.4 is 0 Å². The van der Waals surface area contributed by atoms with E-state index in [0.29, 0.717) is 0 Å². The Balaban J connectivity index is 2.68. The van der Waals surface area contributed by atoms with Crippen LogP contribution in [0.3, 0.4) is 0 Å². The molecule has 0 bridgehead atoms. The summed E-state index contributed by atoms with van der Waals surface area (Å²) in [5, 5.41) is 0. The van der Waals surface area contributed by atoms with Gasteiger partial charge in [-0.1, -0.05) is 0 Å². The summed E-state index contributed by atoms with van der Waals surface area (Å²) in [5.74, 6) is -8.57. The highest BCUT2D eigenvalue weighted by atomic mass is 19.2. The molecular weight excluding hydrogens is 196 g/mol. The minimum absolute atomic E-state index is 2.06. The van der Waals surface area contributed by atoms with Crippen LogP contribution in [0.25, 0.3) is 0 Å². The number of rotatable bonds is 0. The van der Waals surface area contributed by atoms with E-state index in [1.807, 2.05) is 0 Å². The number of hydrogen-bond donors (Lipinski definition) is 0. The Bertz CT molecular complexity index is 342. The third-order valence-corrected chi connectivity index (χ3v) is 2.02. The highest BCUT2D eigenvalue weighted by Gasteiger charge is 2.85. The molecule has 70 valence electrons. The monoisotopic (exact) mass is 196 g/mol. The standard InChI is InChI=1S/C6F4O3/c7-1-2(8)6(10)4(12)13-3(11)5(1,6)9/t5-,6-/m0/s1. The Morgan fingerprint density at radius 2 is 1.23 bits per heavy atom. The molecule has 2 aliphatic rings. The number of carbonyl (C=O) groups is 2. The summed E-state index contributed by atoms with van der Waals surface area (Å²) < 4.78 is 54.2. The SMILES string of the molecule is O=C1OC(=O)[C@@]2(F)C(F)=C(F)[C@]12F. The van der Waals surface area contributed by atoms with Crippen molar-refractivity contribution in [1.82, 2.24) is 0 Å². The second-order valence-electron chi connectivity index (χ2n) is 2.62. The largest absolute Gasteiger partial charge is 0.387 e. The van der Waals surface area contributed by atoms with Crippen molar-refractivity contribution in [1.29, 1.82) is 0 Å². The zero-order valence-corrected chi connectivity index (χ0v) is 5.74. The van der Waals surface area contributed by atoms with E-state index >= 15 is 0 Å². The third-order valence-electron chi connectivity index (χ3n) is 2.02. The van der Waals surface area contributed by atoms with Crippen molar-refractivity contribution in [2.45, 2.75) is 11.3 Å². The van der Waals surface area contributed by atoms with Gasteiger partial charge in [-0.15, -0.1) is 0 Å². The van der Waals surface area contributed by atoms with Crippen LogP contribution in [0.2, 0.25) is 0 Å². The molecule has 1 aliphatic heterocycles. The molecule has 1 aliphatic carbocycles. The molecule has 13 heavy (non-hydrogen) atoms. The Kier molecular flexibility index (Phi) is 1.11. The lowest BCUT2D eigenvalue weighted by Crippen LogP contribution is -2.59. The predicted octanol–water partition coefficient (Wildman–Crippen LogP) is 0.651. The first-order valence-electron chi connectivity index (χ1n) is 3.07. The van der Waals surface area contributed by atoms with E-state index in [0.717, 1.165) is 0 Å². The average Bonchev–Trinajstić information content (AvgIpc) is 2.26. The maximum absolute atomic E-state index is 13.0. The summed E-state index contributed by atoms with van der Waals surface area (Å²) in [6.07, 6.45) is 0. The number of carbonyl (C=O) groups excluding carboxylic acids is 2. The molecule has 3 nitrogen and oxygen atoms in total. The van der Waals surface area contributed by atoms with Crippen molar-refractivity contribution in [2.75, 3.05) is 0 Å². The predicted molar refractivity (Wildman–Crippen MR) is 28.0 cm³/mol. The van der Waals surface area contributed by atoms with E-state index in [1.165, 1.54) is 0 Å². The van der Waals surface area contributed by atoms with E-state index < -0.39 is 34.9 Å². The molecule has 0 saturated carbocycles. The molecule has 1 saturated heterocycles. The summed E-state index contributed by atoms with van der Waals surface area (Å²) in [7, 11) is 0. The van der Waals surface area contributed by atoms with Crippen molar-refractivity contribution in [3.8, 4) is 0 Å². The van der Waals surface area contributed by atoms with Crippen LogP contribution >= 0.6 is 0 Å². The van der Waals surface area contributed by atoms with Crippen LogP contribution in [0.5, 0.6) is 0 Å². The van der Waals surface area contributed by atoms with Crippen molar-refractivity contribution in [3.05, 3.63) is 11.7 Å². The van der Waals surface area contributed by atoms with E-state index in [2.05, 4.69) is 4.74 Å². The van der Waals surface area contributed by atoms with Crippen LogP contribution in [0.4, 0.5) is 17.6 Å². The Hall–Kier alpha value is -1.40. The highest BCUT2D eigenvalue weighted by molar-refractivity contribution is 6.12. The van der Waals surface area contributed by atoms with Crippen LogP contribution in [0.15, 0.2) is 11.7 Å². The van der Waals surface area contributed by atoms with Gasteiger partial charge in [0.1, 0.15) is 0 Å². The summed E-state index contributed by atoms with van der Waals surface area (Å²) in [5.41, 5.74) is -7.82. The lowest BCUT2D eigenvalue weighted by atomic mass is 9.75. The second-order valence-corrected chi connectivity index (χ2v) is 2.62. The Labute approximate surface area is 68.0 Å². The van der Waals surface area contributed by atoms with Crippen LogP contribution in [-0.4, -0.2) is 23.3 Å². The number of cyclic esters (lactones) is 2. The van der Waals surface area contributed by atoms with Crippen molar-refractivity contribution >= 4 is 11.9 Å². The van der Waals surface area contributed by atoms with E-state index in [9.17, 15) is 27.2 Å². The van der Waals surface area contributed by atoms with Gasteiger partial charge in [0.25, 0.3) is 0 Å². The fourth-order valence-corrected chi connectivity index (χ4v) is 1.23. The molecule has 0 aromatic rings. The molecule has 1 heterocycles. The molecule has 0 aromatic carbocycles. The number of alkyl halides is 2. The molecule has 1 fully saturated rings. The van der Waals surface area contributed by atoms with Gasteiger partial charge in [0.2, 0.25) is 0 Å². The summed E-state index contributed by atoms with van der Waals surface area (Å²) in [6.45, 7) is 0. The molecule has 0 spiro atoms. The van der Waals surface area contributed by atoms with Crippen molar-refractivity contribution in [2.24, 2.45) is 0 Å². The minimum atomic E-state index is -3.91. The average molecular weight is 196 g/mol. The fraction of sp³-hybridized carbons (Fsp3) is 0.333. The number of esters is 2. The first-order chi connectivity index (χ1) is 5.86. The maximum Gasteiger partial charge on any atom is 0.363 e. The second kappa shape index (κ2) is 1.75. The molecule has 0 aromatic heterocycles. The molecule has 0 radical (unpaired) electrons. The zero-order valence-electron chi connectivity index (χ0n) is 5.74. The quantitative estimate of drug-likeness (QED) is 0.324. The van der Waals surface area contributed by atoms with E-state index in [4.69, 9.17) is 0 Å². The topological polar surface area (TPSA) is 43.4 Å². The third kappa shape index (κ3) is 0.500. The van der Waals surface area contributed by atoms with Crippen LogP contribution in [0.1, 0.15) is 0 Å². The van der Waals surface area contributed by atoms with Crippen molar-refractivity contribution in [3.63, 3.8) is 0 Å². The van der Waals surface area contributed by atoms with E-state index in [1.54, 1.807) is 0 Å².